The van der Waals surface area contributed by atoms with Crippen molar-refractivity contribution in [3.8, 4) is 5.75 Å². The summed E-state index contributed by atoms with van der Waals surface area (Å²) in [5.41, 5.74) is 7.04. The molecule has 24 heavy (non-hydrogen) atoms. The highest BCUT2D eigenvalue weighted by Gasteiger charge is 2.11. The minimum atomic E-state index is -1.12. The average molecular weight is 322 g/mol. The van der Waals surface area contributed by atoms with Gasteiger partial charge in [0.2, 0.25) is 0 Å². The molecule has 0 radical (unpaired) electrons. The van der Waals surface area contributed by atoms with Crippen LogP contribution in [0.4, 0.5) is 11.4 Å². The van der Waals surface area contributed by atoms with Gasteiger partial charge in [-0.05, 0) is 47.9 Å². The Labute approximate surface area is 137 Å². The van der Waals surface area contributed by atoms with Crippen LogP contribution in [-0.4, -0.2) is 22.1 Å². The number of phenolic OH excluding ortho intramolecular Hbond substituents is 1. The summed E-state index contributed by atoms with van der Waals surface area (Å²) in [7, 11) is 0. The van der Waals surface area contributed by atoms with Gasteiger partial charge in [0.15, 0.2) is 0 Å². The Kier molecular flexibility index (Phi) is 3.79. The molecule has 0 saturated carbocycles. The number of nitrogens with two attached hydrogens (primary N) is 1. The number of phenols is 1. The zero-order chi connectivity index (χ0) is 17.3. The predicted molar refractivity (Wildman–Crippen MR) is 91.4 cm³/mol. The molecular formula is C18H14N2O4. The number of hydrogen-bond donors (Lipinski definition) is 4. The number of carboxylic acids is 1. The van der Waals surface area contributed by atoms with Crippen molar-refractivity contribution >= 4 is 34.0 Å². The second-order valence-electron chi connectivity index (χ2n) is 5.32. The lowest BCUT2D eigenvalue weighted by atomic mass is 10.0. The van der Waals surface area contributed by atoms with Crippen LogP contribution in [0.3, 0.4) is 0 Å². The van der Waals surface area contributed by atoms with Crippen LogP contribution >= 0.6 is 0 Å². The molecule has 0 aliphatic rings. The first kappa shape index (κ1) is 15.4. The molecule has 6 nitrogen and oxygen atoms in total. The molecule has 5 N–H and O–H groups in total. The van der Waals surface area contributed by atoms with Gasteiger partial charge in [-0.2, -0.15) is 0 Å². The molecule has 0 aliphatic heterocycles. The second kappa shape index (κ2) is 5.92. The summed E-state index contributed by atoms with van der Waals surface area (Å²) in [6.07, 6.45) is 0. The highest BCUT2D eigenvalue weighted by atomic mass is 16.4. The lowest BCUT2D eigenvalue weighted by molar-refractivity contribution is 0.0696. The molecule has 3 rings (SSSR count). The molecule has 0 spiro atoms. The number of aromatic carboxylic acids is 1. The Morgan fingerprint density at radius 3 is 2.46 bits per heavy atom. The van der Waals surface area contributed by atoms with Gasteiger partial charge in [0.05, 0.1) is 5.56 Å². The van der Waals surface area contributed by atoms with Crippen molar-refractivity contribution in [2.75, 3.05) is 11.1 Å². The predicted octanol–water partition coefficient (Wildman–Crippen LogP) is 3.08. The van der Waals surface area contributed by atoms with E-state index in [2.05, 4.69) is 5.32 Å². The largest absolute Gasteiger partial charge is 0.507 e. The maximum atomic E-state index is 12.2. The van der Waals surface area contributed by atoms with E-state index in [1.807, 2.05) is 0 Å². The molecule has 0 heterocycles. The number of aromatic hydroxyl groups is 1. The zero-order valence-corrected chi connectivity index (χ0v) is 12.5. The highest BCUT2D eigenvalue weighted by Crippen LogP contribution is 2.29. The van der Waals surface area contributed by atoms with Crippen LogP contribution in [0.25, 0.3) is 10.8 Å². The van der Waals surface area contributed by atoms with Gasteiger partial charge in [0.25, 0.3) is 5.91 Å². The molecular weight excluding hydrogens is 308 g/mol. The molecule has 0 atom stereocenters. The first-order valence-electron chi connectivity index (χ1n) is 7.11. The van der Waals surface area contributed by atoms with Gasteiger partial charge in [0, 0.05) is 22.3 Å². The number of carbonyl (C=O) groups is 2. The summed E-state index contributed by atoms with van der Waals surface area (Å²) in [4.78, 5) is 23.2. The fourth-order valence-corrected chi connectivity index (χ4v) is 2.42. The first-order chi connectivity index (χ1) is 11.4. The quantitative estimate of drug-likeness (QED) is 0.554. The number of rotatable bonds is 3. The molecule has 1 amide bonds. The van der Waals surface area contributed by atoms with Crippen molar-refractivity contribution in [2.24, 2.45) is 0 Å². The van der Waals surface area contributed by atoms with Crippen molar-refractivity contribution in [1.82, 2.24) is 0 Å². The number of hydrogen-bond acceptors (Lipinski definition) is 4. The van der Waals surface area contributed by atoms with E-state index in [-0.39, 0.29) is 17.2 Å². The topological polar surface area (TPSA) is 113 Å². The molecule has 0 fully saturated rings. The summed E-state index contributed by atoms with van der Waals surface area (Å²) in [6.45, 7) is 0. The summed E-state index contributed by atoms with van der Waals surface area (Å²) >= 11 is 0. The Morgan fingerprint density at radius 2 is 1.75 bits per heavy atom. The van der Waals surface area contributed by atoms with Crippen LogP contribution < -0.4 is 11.1 Å². The average Bonchev–Trinajstić information content (AvgIpc) is 2.55. The molecule has 3 aromatic carbocycles. The van der Waals surface area contributed by atoms with Crippen molar-refractivity contribution in [2.45, 2.75) is 0 Å². The standard InChI is InChI=1S/C18H14N2O4/c19-13-3-1-2-11(7-13)17(22)20-14-5-4-10-6-12(18(23)24)8-16(21)15(10)9-14/h1-9,21H,19H2,(H,20,22)(H,23,24). The monoisotopic (exact) mass is 322 g/mol. The van der Waals surface area contributed by atoms with Crippen LogP contribution in [0, 0.1) is 0 Å². The van der Waals surface area contributed by atoms with Crippen molar-refractivity contribution in [1.29, 1.82) is 0 Å². The SMILES string of the molecule is Nc1cccc(C(=O)Nc2ccc3cc(C(=O)O)cc(O)c3c2)c1. The van der Waals surface area contributed by atoms with E-state index in [1.165, 1.54) is 12.1 Å². The molecule has 0 unspecified atom stereocenters. The summed E-state index contributed by atoms with van der Waals surface area (Å²) < 4.78 is 0. The van der Waals surface area contributed by atoms with Crippen molar-refractivity contribution in [3.05, 3.63) is 65.7 Å². The third-order valence-electron chi connectivity index (χ3n) is 3.59. The summed E-state index contributed by atoms with van der Waals surface area (Å²) in [6, 6.07) is 14.1. The Bertz CT molecular complexity index is 966. The van der Waals surface area contributed by atoms with E-state index in [0.29, 0.717) is 27.7 Å². The normalized spacial score (nSPS) is 10.5. The van der Waals surface area contributed by atoms with E-state index >= 15 is 0 Å². The third kappa shape index (κ3) is 2.98. The molecule has 120 valence electrons. The van der Waals surface area contributed by atoms with Gasteiger partial charge in [0.1, 0.15) is 5.75 Å². The van der Waals surface area contributed by atoms with Crippen LogP contribution in [0.1, 0.15) is 20.7 Å². The molecule has 0 aromatic heterocycles. The maximum Gasteiger partial charge on any atom is 0.335 e. The molecule has 0 saturated heterocycles. The fraction of sp³-hybridized carbons (Fsp3) is 0. The lowest BCUT2D eigenvalue weighted by Crippen LogP contribution is -2.12. The maximum absolute atomic E-state index is 12.2. The third-order valence-corrected chi connectivity index (χ3v) is 3.59. The Balaban J connectivity index is 1.93. The number of benzene rings is 3. The van der Waals surface area contributed by atoms with Crippen LogP contribution in [0.2, 0.25) is 0 Å². The van der Waals surface area contributed by atoms with Crippen LogP contribution in [-0.2, 0) is 0 Å². The Hall–Kier alpha value is -3.54. The minimum absolute atomic E-state index is 0.00320. The fourth-order valence-electron chi connectivity index (χ4n) is 2.42. The molecule has 6 heteroatoms. The van der Waals surface area contributed by atoms with Crippen molar-refractivity contribution < 1.29 is 19.8 Å². The van der Waals surface area contributed by atoms with Gasteiger partial charge in [-0.15, -0.1) is 0 Å². The number of amides is 1. The van der Waals surface area contributed by atoms with Gasteiger partial charge in [-0.3, -0.25) is 4.79 Å². The smallest absolute Gasteiger partial charge is 0.335 e. The van der Waals surface area contributed by atoms with Gasteiger partial charge < -0.3 is 21.3 Å². The van der Waals surface area contributed by atoms with Crippen LogP contribution in [0.15, 0.2) is 54.6 Å². The minimum Gasteiger partial charge on any atom is -0.507 e. The van der Waals surface area contributed by atoms with E-state index in [1.54, 1.807) is 42.5 Å². The van der Waals surface area contributed by atoms with E-state index in [4.69, 9.17) is 10.8 Å². The Morgan fingerprint density at radius 1 is 0.958 bits per heavy atom. The van der Waals surface area contributed by atoms with Crippen LogP contribution in [0.5, 0.6) is 5.75 Å². The number of nitrogen functional groups attached to an aromatic ring is 1. The number of anilines is 2. The highest BCUT2D eigenvalue weighted by molar-refractivity contribution is 6.06. The first-order valence-corrected chi connectivity index (χ1v) is 7.11. The van der Waals surface area contributed by atoms with Gasteiger partial charge in [-0.25, -0.2) is 4.79 Å². The van der Waals surface area contributed by atoms with Crippen molar-refractivity contribution in [3.63, 3.8) is 0 Å². The lowest BCUT2D eigenvalue weighted by Gasteiger charge is -2.09. The molecule has 3 aromatic rings. The summed E-state index contributed by atoms with van der Waals surface area (Å²) in [5.74, 6) is -1.61. The summed E-state index contributed by atoms with van der Waals surface area (Å²) in [5, 5.41) is 22.8. The van der Waals surface area contributed by atoms with Gasteiger partial charge in [-0.1, -0.05) is 12.1 Å². The number of carboxylic acid groups (broad SMARTS) is 1. The van der Waals surface area contributed by atoms with E-state index in [0.717, 1.165) is 0 Å². The van der Waals surface area contributed by atoms with E-state index in [9.17, 15) is 14.7 Å². The molecule has 0 aliphatic carbocycles. The van der Waals surface area contributed by atoms with E-state index < -0.39 is 5.97 Å². The zero-order valence-electron chi connectivity index (χ0n) is 12.5. The number of fused-ring (bicyclic) bond motifs is 1. The van der Waals surface area contributed by atoms with Gasteiger partial charge >= 0.3 is 5.97 Å². The molecule has 0 bridgehead atoms. The number of carbonyl (C=O) groups excluding carboxylic acids is 1. The number of nitrogens with one attached hydrogen (secondary N) is 1. The second-order valence-corrected chi connectivity index (χ2v) is 5.32.